The molecule has 0 aliphatic heterocycles. The average molecular weight is 317 g/mol. The van der Waals surface area contributed by atoms with Crippen molar-refractivity contribution in [3.8, 4) is 5.88 Å². The van der Waals surface area contributed by atoms with E-state index in [9.17, 15) is 19.5 Å². The van der Waals surface area contributed by atoms with Gasteiger partial charge < -0.3 is 9.84 Å². The summed E-state index contributed by atoms with van der Waals surface area (Å²) in [6, 6.07) is 6.21. The summed E-state index contributed by atoms with van der Waals surface area (Å²) in [7, 11) is 1.32. The zero-order chi connectivity index (χ0) is 17.0. The first-order valence-corrected chi connectivity index (χ1v) is 6.77. The maximum Gasteiger partial charge on any atom is 0.338 e. The van der Waals surface area contributed by atoms with Gasteiger partial charge in [0.2, 0.25) is 5.88 Å². The summed E-state index contributed by atoms with van der Waals surface area (Å²) >= 11 is 0. The van der Waals surface area contributed by atoms with Crippen LogP contribution in [0, 0.1) is 0 Å². The van der Waals surface area contributed by atoms with Crippen molar-refractivity contribution >= 4 is 17.9 Å². The minimum atomic E-state index is -0.738. The van der Waals surface area contributed by atoms with E-state index in [-0.39, 0.29) is 12.2 Å². The molecule has 23 heavy (non-hydrogen) atoms. The Morgan fingerprint density at radius 3 is 2.61 bits per heavy atom. The van der Waals surface area contributed by atoms with Gasteiger partial charge in [0, 0.05) is 13.3 Å². The van der Waals surface area contributed by atoms with Gasteiger partial charge in [-0.15, -0.1) is 0 Å². The van der Waals surface area contributed by atoms with Crippen LogP contribution < -0.4 is 11.2 Å². The highest BCUT2D eigenvalue weighted by Gasteiger charge is 2.09. The van der Waals surface area contributed by atoms with Crippen LogP contribution in [0.2, 0.25) is 0 Å². The third-order valence-corrected chi connectivity index (χ3v) is 3.05. The predicted octanol–water partition coefficient (Wildman–Crippen LogP) is 0.707. The van der Waals surface area contributed by atoms with E-state index < -0.39 is 23.1 Å². The van der Waals surface area contributed by atoms with E-state index in [1.807, 2.05) is 0 Å². The van der Waals surface area contributed by atoms with E-state index in [0.29, 0.717) is 11.3 Å². The molecule has 0 saturated carbocycles. The number of aromatic amines is 1. The number of hydrogen-bond acceptors (Lipinski definition) is 6. The van der Waals surface area contributed by atoms with Gasteiger partial charge in [-0.25, -0.2) is 9.59 Å². The molecule has 1 aromatic heterocycles. The van der Waals surface area contributed by atoms with E-state index in [4.69, 9.17) is 4.74 Å². The zero-order valence-electron chi connectivity index (χ0n) is 12.6. The molecular weight excluding hydrogens is 302 g/mol. The average Bonchev–Trinajstić information content (AvgIpc) is 2.53. The van der Waals surface area contributed by atoms with Gasteiger partial charge in [-0.1, -0.05) is 0 Å². The second kappa shape index (κ2) is 6.73. The zero-order valence-corrected chi connectivity index (χ0v) is 12.6. The Bertz CT molecular complexity index is 862. The third kappa shape index (κ3) is 3.54. The standard InChI is InChI=1S/C15H15N3O5/c1-3-23-14(21)9-4-6-10(7-5-9)16-8-11-12(19)17-15(22)18(2)13(11)20/h4-8,20H,3H2,1-2H3,(H,17,19,22). The monoisotopic (exact) mass is 317 g/mol. The number of hydrogen-bond donors (Lipinski definition) is 2. The van der Waals surface area contributed by atoms with Crippen LogP contribution in [0.15, 0.2) is 38.8 Å². The van der Waals surface area contributed by atoms with Crippen molar-refractivity contribution in [1.29, 1.82) is 0 Å². The molecule has 8 nitrogen and oxygen atoms in total. The lowest BCUT2D eigenvalue weighted by atomic mass is 10.2. The number of aliphatic imine (C=N–C) groups is 1. The van der Waals surface area contributed by atoms with Gasteiger partial charge in [-0.2, -0.15) is 0 Å². The summed E-state index contributed by atoms with van der Waals surface area (Å²) in [5.74, 6) is -0.916. The van der Waals surface area contributed by atoms with Gasteiger partial charge in [0.15, 0.2) is 0 Å². The molecule has 120 valence electrons. The maximum absolute atomic E-state index is 11.7. The molecule has 0 saturated heterocycles. The highest BCUT2D eigenvalue weighted by atomic mass is 16.5. The third-order valence-electron chi connectivity index (χ3n) is 3.05. The van der Waals surface area contributed by atoms with E-state index in [0.717, 1.165) is 10.8 Å². The number of carbonyl (C=O) groups excluding carboxylic acids is 1. The maximum atomic E-state index is 11.7. The van der Waals surface area contributed by atoms with Gasteiger partial charge in [-0.3, -0.25) is 19.3 Å². The second-order valence-electron chi connectivity index (χ2n) is 4.58. The SMILES string of the molecule is CCOC(=O)c1ccc(N=Cc2c(O)n(C)c(=O)[nH]c2=O)cc1. The molecular formula is C15H15N3O5. The number of carbonyl (C=O) groups is 1. The van der Waals surface area contributed by atoms with Crippen LogP contribution in [-0.4, -0.2) is 33.4 Å². The first-order valence-electron chi connectivity index (χ1n) is 6.77. The fourth-order valence-corrected chi connectivity index (χ4v) is 1.78. The minimum Gasteiger partial charge on any atom is -0.494 e. The van der Waals surface area contributed by atoms with Crippen LogP contribution in [-0.2, 0) is 11.8 Å². The number of aromatic nitrogens is 2. The van der Waals surface area contributed by atoms with E-state index in [1.165, 1.54) is 19.2 Å². The van der Waals surface area contributed by atoms with Crippen LogP contribution in [0.1, 0.15) is 22.8 Å². The Balaban J connectivity index is 2.28. The molecule has 2 N–H and O–H groups in total. The molecule has 0 atom stereocenters. The smallest absolute Gasteiger partial charge is 0.338 e. The minimum absolute atomic E-state index is 0.137. The summed E-state index contributed by atoms with van der Waals surface area (Å²) in [4.78, 5) is 40.6. The molecule has 0 bridgehead atoms. The predicted molar refractivity (Wildman–Crippen MR) is 83.6 cm³/mol. The Hall–Kier alpha value is -3.16. The lowest BCUT2D eigenvalue weighted by Crippen LogP contribution is -2.30. The summed E-state index contributed by atoms with van der Waals surface area (Å²) in [5, 5.41) is 9.80. The Labute approximate surface area is 130 Å². The molecule has 0 aliphatic carbocycles. The van der Waals surface area contributed by atoms with Crippen LogP contribution >= 0.6 is 0 Å². The highest BCUT2D eigenvalue weighted by Crippen LogP contribution is 2.14. The van der Waals surface area contributed by atoms with Crippen molar-refractivity contribution < 1.29 is 14.6 Å². The first-order chi connectivity index (χ1) is 10.9. The Morgan fingerprint density at radius 2 is 2.00 bits per heavy atom. The van der Waals surface area contributed by atoms with Crippen molar-refractivity contribution in [2.75, 3.05) is 6.61 Å². The van der Waals surface area contributed by atoms with E-state index in [2.05, 4.69) is 9.98 Å². The molecule has 0 spiro atoms. The Kier molecular flexibility index (Phi) is 4.75. The van der Waals surface area contributed by atoms with Crippen LogP contribution in [0.3, 0.4) is 0 Å². The van der Waals surface area contributed by atoms with Crippen molar-refractivity contribution in [2.45, 2.75) is 6.92 Å². The molecule has 0 fully saturated rings. The molecule has 0 aliphatic rings. The van der Waals surface area contributed by atoms with Crippen molar-refractivity contribution in [3.05, 3.63) is 56.2 Å². The van der Waals surface area contributed by atoms with E-state index in [1.54, 1.807) is 19.1 Å². The normalized spacial score (nSPS) is 10.9. The number of benzene rings is 1. The highest BCUT2D eigenvalue weighted by molar-refractivity contribution is 5.90. The molecule has 8 heteroatoms. The quantitative estimate of drug-likeness (QED) is 0.636. The van der Waals surface area contributed by atoms with Crippen molar-refractivity contribution in [1.82, 2.24) is 9.55 Å². The molecule has 0 unspecified atom stereocenters. The first kappa shape index (κ1) is 16.2. The molecule has 0 radical (unpaired) electrons. The summed E-state index contributed by atoms with van der Waals surface area (Å²) in [6.07, 6.45) is 1.15. The number of ether oxygens (including phenoxy) is 1. The number of esters is 1. The Morgan fingerprint density at radius 1 is 1.35 bits per heavy atom. The van der Waals surface area contributed by atoms with Crippen LogP contribution in [0.5, 0.6) is 5.88 Å². The number of rotatable bonds is 4. The lowest BCUT2D eigenvalue weighted by molar-refractivity contribution is 0.0526. The number of aromatic hydroxyl groups is 1. The number of nitrogens with zero attached hydrogens (tertiary/aromatic N) is 2. The molecule has 1 aromatic carbocycles. The second-order valence-corrected chi connectivity index (χ2v) is 4.58. The van der Waals surface area contributed by atoms with Crippen molar-refractivity contribution in [3.63, 3.8) is 0 Å². The van der Waals surface area contributed by atoms with Gasteiger partial charge in [-0.05, 0) is 31.2 Å². The summed E-state index contributed by atoms with van der Waals surface area (Å²) in [6.45, 7) is 2.00. The molecule has 0 amide bonds. The molecule has 1 heterocycles. The molecule has 2 aromatic rings. The number of nitrogens with one attached hydrogen (secondary N) is 1. The summed E-state index contributed by atoms with van der Waals surface area (Å²) < 4.78 is 5.76. The van der Waals surface area contributed by atoms with Gasteiger partial charge in [0.25, 0.3) is 5.56 Å². The lowest BCUT2D eigenvalue weighted by Gasteiger charge is -2.03. The summed E-state index contributed by atoms with van der Waals surface area (Å²) in [5.41, 5.74) is -0.748. The molecule has 2 rings (SSSR count). The fourth-order valence-electron chi connectivity index (χ4n) is 1.78. The van der Waals surface area contributed by atoms with Gasteiger partial charge >= 0.3 is 11.7 Å². The van der Waals surface area contributed by atoms with Crippen LogP contribution in [0.4, 0.5) is 5.69 Å². The van der Waals surface area contributed by atoms with Crippen molar-refractivity contribution in [2.24, 2.45) is 12.0 Å². The van der Waals surface area contributed by atoms with E-state index >= 15 is 0 Å². The fraction of sp³-hybridized carbons (Fsp3) is 0.200. The van der Waals surface area contributed by atoms with Gasteiger partial charge in [0.05, 0.1) is 17.9 Å². The van der Waals surface area contributed by atoms with Gasteiger partial charge in [0.1, 0.15) is 5.56 Å². The largest absolute Gasteiger partial charge is 0.494 e. The van der Waals surface area contributed by atoms with Crippen LogP contribution in [0.25, 0.3) is 0 Å². The number of H-pyrrole nitrogens is 1. The topological polar surface area (TPSA) is 114 Å².